The van der Waals surface area contributed by atoms with Gasteiger partial charge < -0.3 is 9.73 Å². The van der Waals surface area contributed by atoms with E-state index in [0.29, 0.717) is 27.7 Å². The normalized spacial score (nSPS) is 10.7. The van der Waals surface area contributed by atoms with E-state index < -0.39 is 0 Å². The molecule has 1 amide bonds. The van der Waals surface area contributed by atoms with Gasteiger partial charge in [0.05, 0.1) is 0 Å². The third kappa shape index (κ3) is 2.21. The summed E-state index contributed by atoms with van der Waals surface area (Å²) in [5.41, 5.74) is 1.94. The van der Waals surface area contributed by atoms with Crippen molar-refractivity contribution in [1.29, 1.82) is 0 Å². The fraction of sp³-hybridized carbons (Fsp3) is 0.0769. The van der Waals surface area contributed by atoms with E-state index in [2.05, 4.69) is 20.5 Å². The van der Waals surface area contributed by atoms with Crippen LogP contribution in [0, 0.1) is 0 Å². The molecule has 20 heavy (non-hydrogen) atoms. The van der Waals surface area contributed by atoms with Crippen molar-refractivity contribution in [3.63, 3.8) is 0 Å². The Bertz CT molecular complexity index is 783. The number of halogens is 1. The number of nitrogens with one attached hydrogen (secondary N) is 1. The van der Waals surface area contributed by atoms with E-state index in [9.17, 15) is 4.79 Å². The molecule has 0 aliphatic rings. The molecule has 1 N–H and O–H groups in total. The average molecular weight is 289 g/mol. The summed E-state index contributed by atoms with van der Waals surface area (Å²) in [6.07, 6.45) is 0. The van der Waals surface area contributed by atoms with Crippen LogP contribution >= 0.6 is 11.6 Å². The molecule has 0 spiro atoms. The van der Waals surface area contributed by atoms with Gasteiger partial charge >= 0.3 is 0 Å². The Hall–Kier alpha value is -2.47. The fourth-order valence-electron chi connectivity index (χ4n) is 1.70. The highest BCUT2D eigenvalue weighted by Crippen LogP contribution is 2.24. The monoisotopic (exact) mass is 288 g/mol. The maximum absolute atomic E-state index is 11.4. The number of oxazole rings is 1. The Labute approximate surface area is 118 Å². The molecule has 0 aliphatic carbocycles. The summed E-state index contributed by atoms with van der Waals surface area (Å²) < 4.78 is 5.56. The summed E-state index contributed by atoms with van der Waals surface area (Å²) >= 11 is 5.89. The summed E-state index contributed by atoms with van der Waals surface area (Å²) in [5.74, 6) is 0.0339. The molecule has 0 unspecified atom stereocenters. The zero-order chi connectivity index (χ0) is 14.1. The van der Waals surface area contributed by atoms with Crippen LogP contribution < -0.4 is 5.32 Å². The van der Waals surface area contributed by atoms with E-state index in [-0.39, 0.29) is 11.6 Å². The first-order valence-electron chi connectivity index (χ1n) is 5.79. The highest BCUT2D eigenvalue weighted by molar-refractivity contribution is 6.31. The maximum Gasteiger partial charge on any atom is 0.271 e. The van der Waals surface area contributed by atoms with Gasteiger partial charge in [-0.05, 0) is 24.3 Å². The smallest absolute Gasteiger partial charge is 0.271 e. The molecule has 0 fully saturated rings. The topological polar surface area (TPSA) is 80.9 Å². The third-order valence-corrected chi connectivity index (χ3v) is 2.93. The van der Waals surface area contributed by atoms with Crippen molar-refractivity contribution in [2.45, 2.75) is 0 Å². The van der Waals surface area contributed by atoms with Crippen molar-refractivity contribution in [2.75, 3.05) is 7.05 Å². The second-order valence-electron chi connectivity index (χ2n) is 4.01. The van der Waals surface area contributed by atoms with Gasteiger partial charge in [0.1, 0.15) is 11.2 Å². The molecule has 0 aliphatic heterocycles. The lowest BCUT2D eigenvalue weighted by molar-refractivity contribution is 0.0957. The van der Waals surface area contributed by atoms with Gasteiger partial charge in [-0.15, -0.1) is 10.2 Å². The van der Waals surface area contributed by atoms with E-state index in [4.69, 9.17) is 16.0 Å². The molecule has 1 aromatic carbocycles. The van der Waals surface area contributed by atoms with E-state index in [1.165, 1.54) is 7.05 Å². The molecule has 6 nitrogen and oxygen atoms in total. The van der Waals surface area contributed by atoms with Gasteiger partial charge in [-0.3, -0.25) is 4.79 Å². The number of amides is 1. The van der Waals surface area contributed by atoms with Gasteiger partial charge in [0.15, 0.2) is 11.3 Å². The molecule has 3 rings (SSSR count). The van der Waals surface area contributed by atoms with Crippen molar-refractivity contribution in [1.82, 2.24) is 20.5 Å². The van der Waals surface area contributed by atoms with E-state index in [0.717, 1.165) is 0 Å². The minimum absolute atomic E-state index is 0.232. The first-order chi connectivity index (χ1) is 9.67. The Morgan fingerprint density at radius 1 is 1.25 bits per heavy atom. The number of benzene rings is 1. The van der Waals surface area contributed by atoms with Gasteiger partial charge in [0.25, 0.3) is 5.91 Å². The summed E-state index contributed by atoms with van der Waals surface area (Å²) in [5, 5.41) is 10.8. The SMILES string of the molecule is CNC(=O)c1ccc(-c2nc3ccc(Cl)cc3o2)nn1. The average Bonchev–Trinajstić information content (AvgIpc) is 2.89. The summed E-state index contributed by atoms with van der Waals surface area (Å²) in [6, 6.07) is 8.36. The van der Waals surface area contributed by atoms with Crippen LogP contribution in [0.15, 0.2) is 34.7 Å². The predicted molar refractivity (Wildman–Crippen MR) is 73.4 cm³/mol. The summed E-state index contributed by atoms with van der Waals surface area (Å²) in [6.45, 7) is 0. The molecule has 2 aromatic heterocycles. The largest absolute Gasteiger partial charge is 0.435 e. The van der Waals surface area contributed by atoms with Crippen LogP contribution in [0.2, 0.25) is 5.02 Å². The van der Waals surface area contributed by atoms with Crippen molar-refractivity contribution < 1.29 is 9.21 Å². The quantitative estimate of drug-likeness (QED) is 0.782. The zero-order valence-corrected chi connectivity index (χ0v) is 11.2. The van der Waals surface area contributed by atoms with Gasteiger partial charge in [0, 0.05) is 18.1 Å². The molecule has 0 atom stereocenters. The zero-order valence-electron chi connectivity index (χ0n) is 10.4. The molecular formula is C13H9ClN4O2. The number of aromatic nitrogens is 3. The highest BCUT2D eigenvalue weighted by Gasteiger charge is 2.12. The van der Waals surface area contributed by atoms with Gasteiger partial charge in [0.2, 0.25) is 5.89 Å². The second kappa shape index (κ2) is 4.90. The molecule has 3 aromatic rings. The Kier molecular flexibility index (Phi) is 3.08. The summed E-state index contributed by atoms with van der Waals surface area (Å²) in [4.78, 5) is 15.7. The number of hydrogen-bond acceptors (Lipinski definition) is 5. The molecule has 100 valence electrons. The van der Waals surface area contributed by atoms with E-state index >= 15 is 0 Å². The number of carbonyl (C=O) groups excluding carboxylic acids is 1. The highest BCUT2D eigenvalue weighted by atomic mass is 35.5. The van der Waals surface area contributed by atoms with Crippen LogP contribution in [0.25, 0.3) is 22.7 Å². The molecule has 2 heterocycles. The number of carbonyl (C=O) groups is 1. The van der Waals surface area contributed by atoms with Gasteiger partial charge in [-0.25, -0.2) is 4.98 Å². The standard InChI is InChI=1S/C13H9ClN4O2/c1-15-12(19)9-4-5-10(18-17-9)13-16-8-3-2-7(14)6-11(8)20-13/h2-6H,1H3,(H,15,19). The van der Waals surface area contributed by atoms with Crippen LogP contribution in [0.5, 0.6) is 0 Å². The van der Waals surface area contributed by atoms with Crippen LogP contribution in [-0.2, 0) is 0 Å². The van der Waals surface area contributed by atoms with Crippen molar-refractivity contribution >= 4 is 28.6 Å². The minimum Gasteiger partial charge on any atom is -0.435 e. The van der Waals surface area contributed by atoms with Gasteiger partial charge in [-0.2, -0.15) is 0 Å². The second-order valence-corrected chi connectivity index (χ2v) is 4.45. The maximum atomic E-state index is 11.4. The van der Waals surface area contributed by atoms with Crippen molar-refractivity contribution in [2.24, 2.45) is 0 Å². The Balaban J connectivity index is 2.00. The van der Waals surface area contributed by atoms with Crippen LogP contribution in [0.4, 0.5) is 0 Å². The first-order valence-corrected chi connectivity index (χ1v) is 6.17. The number of rotatable bonds is 2. The van der Waals surface area contributed by atoms with Crippen LogP contribution in [0.3, 0.4) is 0 Å². The first kappa shape index (κ1) is 12.6. The van der Waals surface area contributed by atoms with E-state index in [1.807, 2.05) is 0 Å². The number of fused-ring (bicyclic) bond motifs is 1. The molecule has 0 saturated carbocycles. The molecule has 0 bridgehead atoms. The lowest BCUT2D eigenvalue weighted by Crippen LogP contribution is -2.19. The van der Waals surface area contributed by atoms with Gasteiger partial charge in [-0.1, -0.05) is 11.6 Å². The summed E-state index contributed by atoms with van der Waals surface area (Å²) in [7, 11) is 1.53. The molecular weight excluding hydrogens is 280 g/mol. The number of nitrogens with zero attached hydrogens (tertiary/aromatic N) is 3. The molecule has 7 heteroatoms. The van der Waals surface area contributed by atoms with E-state index in [1.54, 1.807) is 30.3 Å². The molecule has 0 radical (unpaired) electrons. The molecule has 0 saturated heterocycles. The number of hydrogen-bond donors (Lipinski definition) is 1. The fourth-order valence-corrected chi connectivity index (χ4v) is 1.87. The lowest BCUT2D eigenvalue weighted by atomic mass is 10.3. The Morgan fingerprint density at radius 2 is 2.10 bits per heavy atom. The van der Waals surface area contributed by atoms with Crippen molar-refractivity contribution in [3.05, 3.63) is 41.0 Å². The Morgan fingerprint density at radius 3 is 2.80 bits per heavy atom. The van der Waals surface area contributed by atoms with Crippen LogP contribution in [0.1, 0.15) is 10.5 Å². The lowest BCUT2D eigenvalue weighted by Gasteiger charge is -1.97. The predicted octanol–water partition coefficient (Wildman–Crippen LogP) is 2.30. The van der Waals surface area contributed by atoms with Crippen molar-refractivity contribution in [3.8, 4) is 11.6 Å². The third-order valence-electron chi connectivity index (χ3n) is 2.69. The van der Waals surface area contributed by atoms with Crippen LogP contribution in [-0.4, -0.2) is 28.1 Å². The minimum atomic E-state index is -0.298.